The summed E-state index contributed by atoms with van der Waals surface area (Å²) in [5.74, 6) is 1.36. The van der Waals surface area contributed by atoms with Gasteiger partial charge in [-0.25, -0.2) is 9.97 Å². The number of H-pyrrole nitrogens is 1. The molecule has 1 aliphatic heterocycles. The second-order valence-corrected chi connectivity index (χ2v) is 5.70. The monoisotopic (exact) mass is 271 g/mol. The molecule has 20 heavy (non-hydrogen) atoms. The Kier molecular flexibility index (Phi) is 3.42. The maximum absolute atomic E-state index is 4.58. The molecule has 1 saturated heterocycles. The van der Waals surface area contributed by atoms with E-state index >= 15 is 0 Å². The topological polar surface area (TPSA) is 57.7 Å². The molecular weight excluding hydrogens is 250 g/mol. The van der Waals surface area contributed by atoms with Crippen molar-refractivity contribution < 1.29 is 0 Å². The van der Waals surface area contributed by atoms with Gasteiger partial charge in [0.15, 0.2) is 0 Å². The highest BCUT2D eigenvalue weighted by atomic mass is 15.3. The average Bonchev–Trinajstić information content (AvgIpc) is 2.84. The van der Waals surface area contributed by atoms with Gasteiger partial charge in [0.2, 0.25) is 5.95 Å². The van der Waals surface area contributed by atoms with Crippen LogP contribution in [0.3, 0.4) is 0 Å². The second kappa shape index (κ2) is 5.23. The Morgan fingerprint density at radius 1 is 1.20 bits per heavy atom. The van der Waals surface area contributed by atoms with E-state index in [1.807, 2.05) is 26.1 Å². The van der Waals surface area contributed by atoms with E-state index in [9.17, 15) is 0 Å². The third kappa shape index (κ3) is 2.53. The lowest BCUT2D eigenvalue weighted by Crippen LogP contribution is -2.36. The van der Waals surface area contributed by atoms with Crippen molar-refractivity contribution in [2.24, 2.45) is 0 Å². The molecule has 2 aromatic rings. The Hall–Kier alpha value is -1.91. The Labute approximate surface area is 119 Å². The number of hydrogen-bond acceptors (Lipinski definition) is 4. The van der Waals surface area contributed by atoms with E-state index in [1.54, 1.807) is 0 Å². The third-order valence-electron chi connectivity index (χ3n) is 3.95. The molecule has 1 unspecified atom stereocenters. The highest BCUT2D eigenvalue weighted by Gasteiger charge is 2.25. The van der Waals surface area contributed by atoms with E-state index in [0.717, 1.165) is 30.4 Å². The first-order chi connectivity index (χ1) is 9.63. The summed E-state index contributed by atoms with van der Waals surface area (Å²) in [6.45, 7) is 8.17. The molecule has 1 aliphatic rings. The zero-order valence-electron chi connectivity index (χ0n) is 12.3. The minimum atomic E-state index is 0.496. The first-order valence-corrected chi connectivity index (χ1v) is 7.20. The van der Waals surface area contributed by atoms with Gasteiger partial charge in [0.25, 0.3) is 0 Å². The Balaban J connectivity index is 1.83. The van der Waals surface area contributed by atoms with Crippen molar-refractivity contribution in [3.63, 3.8) is 0 Å². The smallest absolute Gasteiger partial charge is 0.225 e. The van der Waals surface area contributed by atoms with Crippen LogP contribution in [-0.4, -0.2) is 33.3 Å². The number of aryl methyl sites for hydroxylation is 3. The molecule has 5 nitrogen and oxygen atoms in total. The lowest BCUT2D eigenvalue weighted by molar-refractivity contribution is 0.492. The van der Waals surface area contributed by atoms with Crippen LogP contribution < -0.4 is 4.90 Å². The molecule has 2 aromatic heterocycles. The van der Waals surface area contributed by atoms with Crippen LogP contribution in [0.2, 0.25) is 0 Å². The van der Waals surface area contributed by atoms with Gasteiger partial charge in [0, 0.05) is 36.1 Å². The summed E-state index contributed by atoms with van der Waals surface area (Å²) in [7, 11) is 0. The minimum Gasteiger partial charge on any atom is -0.340 e. The molecule has 0 saturated carbocycles. The van der Waals surface area contributed by atoms with E-state index in [1.165, 1.54) is 24.1 Å². The van der Waals surface area contributed by atoms with Gasteiger partial charge in [-0.05, 0) is 45.2 Å². The Morgan fingerprint density at radius 2 is 1.95 bits per heavy atom. The van der Waals surface area contributed by atoms with Gasteiger partial charge in [0.05, 0.1) is 6.20 Å². The van der Waals surface area contributed by atoms with E-state index < -0.39 is 0 Å². The zero-order valence-corrected chi connectivity index (χ0v) is 12.3. The lowest BCUT2D eigenvalue weighted by atomic mass is 9.93. The van der Waals surface area contributed by atoms with Gasteiger partial charge in [0.1, 0.15) is 0 Å². The molecule has 0 aromatic carbocycles. The summed E-state index contributed by atoms with van der Waals surface area (Å²) >= 11 is 0. The van der Waals surface area contributed by atoms with E-state index in [-0.39, 0.29) is 0 Å². The van der Waals surface area contributed by atoms with E-state index in [4.69, 9.17) is 0 Å². The quantitative estimate of drug-likeness (QED) is 0.911. The molecule has 3 rings (SSSR count). The molecule has 0 radical (unpaired) electrons. The molecule has 0 bridgehead atoms. The van der Waals surface area contributed by atoms with E-state index in [2.05, 4.69) is 32.0 Å². The predicted octanol–water partition coefficient (Wildman–Crippen LogP) is 2.51. The fourth-order valence-electron chi connectivity index (χ4n) is 3.01. The number of nitrogens with one attached hydrogen (secondary N) is 1. The fraction of sp³-hybridized carbons (Fsp3) is 0.533. The van der Waals surface area contributed by atoms with Crippen molar-refractivity contribution >= 4 is 5.95 Å². The molecule has 5 heteroatoms. The molecule has 0 amide bonds. The molecule has 1 fully saturated rings. The number of aromatic nitrogens is 4. The number of hydrogen-bond donors (Lipinski definition) is 1. The lowest BCUT2D eigenvalue weighted by Gasteiger charge is -2.32. The van der Waals surface area contributed by atoms with Crippen molar-refractivity contribution in [1.29, 1.82) is 0 Å². The van der Waals surface area contributed by atoms with Crippen LogP contribution >= 0.6 is 0 Å². The van der Waals surface area contributed by atoms with Crippen LogP contribution in [0.1, 0.15) is 41.4 Å². The van der Waals surface area contributed by atoms with Crippen molar-refractivity contribution in [2.75, 3.05) is 18.0 Å². The van der Waals surface area contributed by atoms with Gasteiger partial charge in [-0.1, -0.05) is 0 Å². The third-order valence-corrected chi connectivity index (χ3v) is 3.95. The van der Waals surface area contributed by atoms with Crippen LogP contribution in [0.5, 0.6) is 0 Å². The molecule has 3 heterocycles. The van der Waals surface area contributed by atoms with Crippen LogP contribution in [0.15, 0.2) is 12.3 Å². The first-order valence-electron chi connectivity index (χ1n) is 7.20. The van der Waals surface area contributed by atoms with Crippen molar-refractivity contribution in [3.05, 3.63) is 34.9 Å². The largest absolute Gasteiger partial charge is 0.340 e. The van der Waals surface area contributed by atoms with Crippen molar-refractivity contribution in [1.82, 2.24) is 20.2 Å². The first kappa shape index (κ1) is 13.1. The summed E-state index contributed by atoms with van der Waals surface area (Å²) < 4.78 is 0. The minimum absolute atomic E-state index is 0.496. The standard InChI is InChI=1S/C15H21N5/c1-10-8-16-19-14(10)13-5-4-6-20(9-13)15-17-11(2)7-12(3)18-15/h7-8,13H,4-6,9H2,1-3H3,(H,16,19). The molecular formula is C15H21N5. The van der Waals surface area contributed by atoms with E-state index in [0.29, 0.717) is 5.92 Å². The number of piperidine rings is 1. The zero-order chi connectivity index (χ0) is 14.1. The number of nitrogens with zero attached hydrogens (tertiary/aromatic N) is 4. The summed E-state index contributed by atoms with van der Waals surface area (Å²) in [6, 6.07) is 2.02. The van der Waals surface area contributed by atoms with Gasteiger partial charge >= 0.3 is 0 Å². The molecule has 0 aliphatic carbocycles. The number of aromatic amines is 1. The number of rotatable bonds is 2. The van der Waals surface area contributed by atoms with Gasteiger partial charge in [-0.15, -0.1) is 0 Å². The highest BCUT2D eigenvalue weighted by molar-refractivity contribution is 5.35. The van der Waals surface area contributed by atoms with Crippen LogP contribution in [0.4, 0.5) is 5.95 Å². The van der Waals surface area contributed by atoms with Crippen molar-refractivity contribution in [3.8, 4) is 0 Å². The average molecular weight is 271 g/mol. The van der Waals surface area contributed by atoms with Gasteiger partial charge in [-0.3, -0.25) is 5.10 Å². The number of anilines is 1. The van der Waals surface area contributed by atoms with Crippen LogP contribution in [-0.2, 0) is 0 Å². The Morgan fingerprint density at radius 3 is 2.60 bits per heavy atom. The normalized spacial score (nSPS) is 19.4. The second-order valence-electron chi connectivity index (χ2n) is 5.70. The van der Waals surface area contributed by atoms with Crippen LogP contribution in [0.25, 0.3) is 0 Å². The molecule has 1 N–H and O–H groups in total. The maximum atomic E-state index is 4.58. The summed E-state index contributed by atoms with van der Waals surface area (Å²) in [6.07, 6.45) is 4.27. The van der Waals surface area contributed by atoms with Crippen LogP contribution in [0, 0.1) is 20.8 Å². The summed E-state index contributed by atoms with van der Waals surface area (Å²) in [5, 5.41) is 7.30. The van der Waals surface area contributed by atoms with Gasteiger partial charge < -0.3 is 4.90 Å². The highest BCUT2D eigenvalue weighted by Crippen LogP contribution is 2.29. The molecule has 0 spiro atoms. The fourth-order valence-corrected chi connectivity index (χ4v) is 3.01. The van der Waals surface area contributed by atoms with Crippen molar-refractivity contribution in [2.45, 2.75) is 39.5 Å². The van der Waals surface area contributed by atoms with Gasteiger partial charge in [-0.2, -0.15) is 5.10 Å². The summed E-state index contributed by atoms with van der Waals surface area (Å²) in [4.78, 5) is 11.5. The maximum Gasteiger partial charge on any atom is 0.225 e. The molecule has 106 valence electrons. The SMILES string of the molecule is Cc1cc(C)nc(N2CCCC(c3[nH]ncc3C)C2)n1. The summed E-state index contributed by atoms with van der Waals surface area (Å²) in [5.41, 5.74) is 4.58. The predicted molar refractivity (Wildman–Crippen MR) is 79.0 cm³/mol. The molecule has 1 atom stereocenters. The Bertz CT molecular complexity index is 584.